The summed E-state index contributed by atoms with van der Waals surface area (Å²) in [5.74, 6) is 0.537. The van der Waals surface area contributed by atoms with Gasteiger partial charge in [-0.3, -0.25) is 0 Å². The zero-order chi connectivity index (χ0) is 15.3. The molecule has 0 aliphatic heterocycles. The van der Waals surface area contributed by atoms with Gasteiger partial charge in [0.15, 0.2) is 0 Å². The zero-order valence-electron chi connectivity index (χ0n) is 12.0. The molecule has 0 N–H and O–H groups in total. The van der Waals surface area contributed by atoms with Crippen molar-refractivity contribution in [2.75, 3.05) is 7.11 Å². The van der Waals surface area contributed by atoms with Crippen LogP contribution in [0.5, 0.6) is 0 Å². The Hall–Kier alpha value is -1.89. The van der Waals surface area contributed by atoms with E-state index < -0.39 is 17.8 Å². The lowest BCUT2D eigenvalue weighted by molar-refractivity contribution is -0.00443. The predicted octanol–water partition coefficient (Wildman–Crippen LogP) is 3.84. The predicted molar refractivity (Wildman–Crippen MR) is 76.2 cm³/mol. The molecule has 2 nitrogen and oxygen atoms in total. The molecule has 1 aromatic carbocycles. The molecule has 0 amide bonds. The van der Waals surface area contributed by atoms with Crippen LogP contribution >= 0.6 is 0 Å². The van der Waals surface area contributed by atoms with Crippen LogP contribution in [0, 0.1) is 17.8 Å². The number of halogens is 2. The summed E-state index contributed by atoms with van der Waals surface area (Å²) in [7, 11) is 1.31. The minimum atomic E-state index is -2.94. The average Bonchev–Trinajstić information content (AvgIpc) is 2.47. The van der Waals surface area contributed by atoms with Crippen molar-refractivity contribution in [1.82, 2.24) is 0 Å². The highest BCUT2D eigenvalue weighted by Gasteiger charge is 2.37. The molecule has 0 aromatic heterocycles. The van der Waals surface area contributed by atoms with E-state index in [1.54, 1.807) is 24.3 Å². The van der Waals surface area contributed by atoms with Crippen LogP contribution in [0.4, 0.5) is 8.78 Å². The number of carbonyl (C=O) groups is 1. The molecule has 112 valence electrons. The van der Waals surface area contributed by atoms with Gasteiger partial charge in [-0.25, -0.2) is 4.79 Å². The average molecular weight is 292 g/mol. The summed E-state index contributed by atoms with van der Waals surface area (Å²) in [5.41, 5.74) is 1.21. The number of hydrogen-bond acceptors (Lipinski definition) is 2. The van der Waals surface area contributed by atoms with Crippen LogP contribution in [-0.4, -0.2) is 19.0 Å². The Morgan fingerprint density at radius 2 is 2.05 bits per heavy atom. The van der Waals surface area contributed by atoms with Crippen molar-refractivity contribution in [3.63, 3.8) is 0 Å². The number of methoxy groups -OCH3 is 1. The Labute approximate surface area is 123 Å². The van der Waals surface area contributed by atoms with Crippen molar-refractivity contribution in [3.8, 4) is 11.8 Å². The summed E-state index contributed by atoms with van der Waals surface area (Å²) in [5, 5.41) is 0. The van der Waals surface area contributed by atoms with E-state index in [1.807, 2.05) is 0 Å². The fourth-order valence-corrected chi connectivity index (χ4v) is 2.48. The molecule has 0 saturated heterocycles. The van der Waals surface area contributed by atoms with Crippen molar-refractivity contribution in [3.05, 3.63) is 35.4 Å². The van der Waals surface area contributed by atoms with Crippen molar-refractivity contribution in [2.45, 2.75) is 38.0 Å². The quantitative estimate of drug-likeness (QED) is 0.625. The Kier molecular flexibility index (Phi) is 4.95. The molecule has 0 saturated carbocycles. The molecule has 1 atom stereocenters. The van der Waals surface area contributed by atoms with E-state index in [9.17, 15) is 13.6 Å². The Morgan fingerprint density at radius 3 is 2.71 bits per heavy atom. The van der Waals surface area contributed by atoms with Crippen molar-refractivity contribution in [2.24, 2.45) is 5.92 Å². The van der Waals surface area contributed by atoms with Gasteiger partial charge in [0.05, 0.1) is 12.7 Å². The molecule has 1 aliphatic rings. The maximum atomic E-state index is 14.0. The number of ether oxygens (including phenoxy) is 1. The largest absolute Gasteiger partial charge is 0.465 e. The second-order valence-corrected chi connectivity index (χ2v) is 5.26. The molecule has 0 unspecified atom stereocenters. The van der Waals surface area contributed by atoms with Gasteiger partial charge in [0, 0.05) is 12.3 Å². The standard InChI is InChI=1S/C17H18F2O2/c1-21-16(20)14-9-7-13(8-10-14)12-15-6-4-2-3-5-11-17(15,18)19/h7-10,15H,2-4,6,12H2,1H3/t15-/m0/s1. The van der Waals surface area contributed by atoms with Crippen LogP contribution in [0.25, 0.3) is 0 Å². The molecule has 4 heteroatoms. The lowest BCUT2D eigenvalue weighted by Crippen LogP contribution is -2.29. The monoisotopic (exact) mass is 292 g/mol. The van der Waals surface area contributed by atoms with E-state index in [0.717, 1.165) is 18.4 Å². The number of benzene rings is 1. The van der Waals surface area contributed by atoms with Crippen molar-refractivity contribution >= 4 is 5.97 Å². The highest BCUT2D eigenvalue weighted by atomic mass is 19.3. The van der Waals surface area contributed by atoms with Crippen LogP contribution in [0.1, 0.15) is 41.6 Å². The van der Waals surface area contributed by atoms with Crippen LogP contribution in [0.2, 0.25) is 0 Å². The minimum absolute atomic E-state index is 0.267. The van der Waals surface area contributed by atoms with Gasteiger partial charge in [-0.05, 0) is 42.9 Å². The van der Waals surface area contributed by atoms with Crippen molar-refractivity contribution < 1.29 is 18.3 Å². The highest BCUT2D eigenvalue weighted by molar-refractivity contribution is 5.89. The normalized spacial score (nSPS) is 20.6. The third-order valence-corrected chi connectivity index (χ3v) is 3.73. The van der Waals surface area contributed by atoms with Crippen LogP contribution in [-0.2, 0) is 11.2 Å². The SMILES string of the molecule is COC(=O)c1ccc(C[C@@H]2CCCCC#CC2(F)F)cc1. The van der Waals surface area contributed by atoms with E-state index in [-0.39, 0.29) is 6.42 Å². The smallest absolute Gasteiger partial charge is 0.337 e. The van der Waals surface area contributed by atoms with E-state index in [0.29, 0.717) is 18.4 Å². The third-order valence-electron chi connectivity index (χ3n) is 3.73. The first-order valence-electron chi connectivity index (χ1n) is 7.08. The molecular weight excluding hydrogens is 274 g/mol. The molecule has 2 rings (SSSR count). The van der Waals surface area contributed by atoms with Crippen LogP contribution in [0.3, 0.4) is 0 Å². The van der Waals surface area contributed by atoms with E-state index in [2.05, 4.69) is 16.6 Å². The topological polar surface area (TPSA) is 26.3 Å². The maximum absolute atomic E-state index is 14.0. The second kappa shape index (κ2) is 6.71. The first-order valence-corrected chi connectivity index (χ1v) is 7.08. The van der Waals surface area contributed by atoms with Gasteiger partial charge in [-0.1, -0.05) is 24.5 Å². The summed E-state index contributed by atoms with van der Waals surface area (Å²) >= 11 is 0. The summed E-state index contributed by atoms with van der Waals surface area (Å²) in [6, 6.07) is 6.62. The first kappa shape index (κ1) is 15.5. The summed E-state index contributed by atoms with van der Waals surface area (Å²) in [6.45, 7) is 0. The lowest BCUT2D eigenvalue weighted by Gasteiger charge is -2.24. The van der Waals surface area contributed by atoms with Gasteiger partial charge in [-0.15, -0.1) is 0 Å². The van der Waals surface area contributed by atoms with Gasteiger partial charge in [-0.2, -0.15) is 8.78 Å². The second-order valence-electron chi connectivity index (χ2n) is 5.26. The molecule has 0 radical (unpaired) electrons. The Bertz CT molecular complexity index is 552. The van der Waals surface area contributed by atoms with Gasteiger partial charge in [0.1, 0.15) is 0 Å². The lowest BCUT2D eigenvalue weighted by atomic mass is 9.87. The fourth-order valence-electron chi connectivity index (χ4n) is 2.48. The Morgan fingerprint density at radius 1 is 1.33 bits per heavy atom. The molecule has 1 aromatic rings. The van der Waals surface area contributed by atoms with Crippen molar-refractivity contribution in [1.29, 1.82) is 0 Å². The van der Waals surface area contributed by atoms with E-state index in [4.69, 9.17) is 0 Å². The number of carbonyl (C=O) groups excluding carboxylic acids is 1. The molecule has 0 spiro atoms. The fraction of sp³-hybridized carbons (Fsp3) is 0.471. The number of esters is 1. The molecule has 21 heavy (non-hydrogen) atoms. The highest BCUT2D eigenvalue weighted by Crippen LogP contribution is 2.32. The Balaban J connectivity index is 2.11. The summed E-state index contributed by atoms with van der Waals surface area (Å²) in [4.78, 5) is 11.3. The van der Waals surface area contributed by atoms with E-state index in [1.165, 1.54) is 7.11 Å². The maximum Gasteiger partial charge on any atom is 0.337 e. The first-order chi connectivity index (χ1) is 10.0. The molecule has 0 heterocycles. The molecule has 0 bridgehead atoms. The minimum Gasteiger partial charge on any atom is -0.465 e. The van der Waals surface area contributed by atoms with Crippen LogP contribution < -0.4 is 0 Å². The van der Waals surface area contributed by atoms with Gasteiger partial charge in [0.25, 0.3) is 0 Å². The third kappa shape index (κ3) is 4.04. The number of alkyl halides is 2. The van der Waals surface area contributed by atoms with Gasteiger partial charge < -0.3 is 4.74 Å². The number of rotatable bonds is 3. The van der Waals surface area contributed by atoms with Gasteiger partial charge >= 0.3 is 11.9 Å². The zero-order valence-corrected chi connectivity index (χ0v) is 12.0. The van der Waals surface area contributed by atoms with Gasteiger partial charge in [0.2, 0.25) is 0 Å². The molecule has 1 aliphatic carbocycles. The summed E-state index contributed by atoms with van der Waals surface area (Å²) < 4.78 is 32.6. The summed E-state index contributed by atoms with van der Waals surface area (Å²) in [6.07, 6.45) is 2.94. The number of hydrogen-bond donors (Lipinski definition) is 0. The van der Waals surface area contributed by atoms with Crippen LogP contribution in [0.15, 0.2) is 24.3 Å². The molecule has 0 fully saturated rings. The molecular formula is C17H18F2O2. The van der Waals surface area contributed by atoms with E-state index >= 15 is 0 Å².